The van der Waals surface area contributed by atoms with Crippen molar-refractivity contribution in [3.05, 3.63) is 74.7 Å². The lowest BCUT2D eigenvalue weighted by Gasteiger charge is -2.16. The van der Waals surface area contributed by atoms with E-state index in [4.69, 9.17) is 16.3 Å². The zero-order valence-corrected chi connectivity index (χ0v) is 18.2. The Kier molecular flexibility index (Phi) is 7.17. The van der Waals surface area contributed by atoms with Crippen molar-refractivity contribution in [1.82, 2.24) is 14.8 Å². The van der Waals surface area contributed by atoms with E-state index in [1.807, 2.05) is 39.0 Å². The Morgan fingerprint density at radius 1 is 1.14 bits per heavy atom. The molecule has 0 spiro atoms. The third-order valence-corrected chi connectivity index (χ3v) is 5.58. The topological polar surface area (TPSA) is 69.0 Å². The van der Waals surface area contributed by atoms with Crippen LogP contribution < -0.4 is 15.6 Å². The quantitative estimate of drug-likeness (QED) is 0.545. The number of nitrogens with one attached hydrogen (secondary N) is 1. The van der Waals surface area contributed by atoms with Crippen LogP contribution in [-0.2, 0) is 12.5 Å². The van der Waals surface area contributed by atoms with Crippen LogP contribution in [-0.4, -0.2) is 20.5 Å². The van der Waals surface area contributed by atoms with E-state index >= 15 is 0 Å². The molecule has 0 saturated carbocycles. The number of thioether (sulfide) groups is 1. The van der Waals surface area contributed by atoms with Crippen LogP contribution in [0.4, 0.5) is 11.6 Å². The molecular formula is C21H23ClN4O2S. The summed E-state index contributed by atoms with van der Waals surface area (Å²) in [5, 5.41) is 12.3. The predicted molar refractivity (Wildman–Crippen MR) is 119 cm³/mol. The van der Waals surface area contributed by atoms with Gasteiger partial charge >= 0.3 is 0 Å². The molecule has 0 fully saturated rings. The monoisotopic (exact) mass is 430 g/mol. The maximum Gasteiger partial charge on any atom is 0.281 e. The normalized spacial score (nSPS) is 10.8. The maximum atomic E-state index is 13.0. The van der Waals surface area contributed by atoms with Crippen LogP contribution in [0.2, 0.25) is 5.02 Å². The molecule has 0 unspecified atom stereocenters. The molecule has 0 atom stereocenters. The highest BCUT2D eigenvalue weighted by molar-refractivity contribution is 7.98. The van der Waals surface area contributed by atoms with Crippen LogP contribution in [0.3, 0.4) is 0 Å². The zero-order valence-electron chi connectivity index (χ0n) is 16.6. The summed E-state index contributed by atoms with van der Waals surface area (Å²) in [6, 6.07) is 12.9. The zero-order chi connectivity index (χ0) is 20.8. The van der Waals surface area contributed by atoms with E-state index < -0.39 is 0 Å². The van der Waals surface area contributed by atoms with Gasteiger partial charge in [0.1, 0.15) is 12.4 Å². The van der Waals surface area contributed by atoms with Crippen molar-refractivity contribution in [3.8, 4) is 5.75 Å². The Hall–Kier alpha value is -2.51. The van der Waals surface area contributed by atoms with E-state index in [0.29, 0.717) is 22.6 Å². The molecule has 0 saturated heterocycles. The lowest BCUT2D eigenvalue weighted by atomic mass is 10.1. The molecule has 2 aromatic carbocycles. The van der Waals surface area contributed by atoms with Gasteiger partial charge in [-0.2, -0.15) is 0 Å². The number of nitrogens with zero attached hydrogens (tertiary/aromatic N) is 3. The highest BCUT2D eigenvalue weighted by atomic mass is 35.5. The van der Waals surface area contributed by atoms with Crippen molar-refractivity contribution in [2.75, 3.05) is 11.1 Å². The number of hydrogen-bond donors (Lipinski definition) is 1. The summed E-state index contributed by atoms with van der Waals surface area (Å²) >= 11 is 7.52. The van der Waals surface area contributed by atoms with Gasteiger partial charge in [-0.15, -0.1) is 22.0 Å². The van der Waals surface area contributed by atoms with Gasteiger partial charge in [0.05, 0.1) is 5.88 Å². The van der Waals surface area contributed by atoms with Crippen LogP contribution >= 0.6 is 23.4 Å². The highest BCUT2D eigenvalue weighted by Crippen LogP contribution is 2.22. The summed E-state index contributed by atoms with van der Waals surface area (Å²) in [4.78, 5) is 13.0. The Bertz CT molecular complexity index is 1040. The van der Waals surface area contributed by atoms with Gasteiger partial charge in [0.15, 0.2) is 5.69 Å². The Balaban J connectivity index is 1.87. The molecular weight excluding hydrogens is 408 g/mol. The first-order chi connectivity index (χ1) is 14.0. The number of anilines is 2. The van der Waals surface area contributed by atoms with Gasteiger partial charge in [-0.25, -0.2) is 0 Å². The molecule has 29 heavy (non-hydrogen) atoms. The molecule has 1 N–H and O–H groups in total. The first-order valence-corrected chi connectivity index (χ1v) is 10.8. The molecule has 0 amide bonds. The second-order valence-electron chi connectivity index (χ2n) is 6.44. The van der Waals surface area contributed by atoms with Crippen molar-refractivity contribution < 1.29 is 4.74 Å². The van der Waals surface area contributed by atoms with Gasteiger partial charge < -0.3 is 10.1 Å². The number of rotatable bonds is 8. The number of benzene rings is 2. The van der Waals surface area contributed by atoms with E-state index in [-0.39, 0.29) is 17.9 Å². The van der Waals surface area contributed by atoms with Crippen LogP contribution in [0.5, 0.6) is 5.75 Å². The second kappa shape index (κ2) is 9.80. The molecule has 3 aromatic rings. The number of hydrogen-bond acceptors (Lipinski definition) is 6. The molecule has 6 nitrogen and oxygen atoms in total. The summed E-state index contributed by atoms with van der Waals surface area (Å²) in [6.45, 7) is 6.16. The lowest BCUT2D eigenvalue weighted by Crippen LogP contribution is -2.29. The summed E-state index contributed by atoms with van der Waals surface area (Å²) in [5.41, 5.74) is 3.20. The van der Waals surface area contributed by atoms with Gasteiger partial charge in [-0.05, 0) is 61.1 Å². The number of halogens is 1. The fourth-order valence-electron chi connectivity index (χ4n) is 2.63. The van der Waals surface area contributed by atoms with Crippen LogP contribution in [0, 0.1) is 13.8 Å². The van der Waals surface area contributed by atoms with E-state index in [1.165, 1.54) is 0 Å². The van der Waals surface area contributed by atoms with Crippen molar-refractivity contribution in [2.45, 2.75) is 33.3 Å². The number of aryl methyl sites for hydroxylation is 1. The van der Waals surface area contributed by atoms with Crippen molar-refractivity contribution in [2.24, 2.45) is 0 Å². The molecule has 0 aliphatic rings. The predicted octanol–water partition coefficient (Wildman–Crippen LogP) is 4.94. The lowest BCUT2D eigenvalue weighted by molar-refractivity contribution is 0.296. The molecule has 0 aliphatic carbocycles. The third-order valence-electron chi connectivity index (χ3n) is 4.48. The van der Waals surface area contributed by atoms with E-state index in [1.54, 1.807) is 40.6 Å². The summed E-state index contributed by atoms with van der Waals surface area (Å²) in [6.07, 6.45) is 0. The molecule has 0 radical (unpaired) electrons. The SMILES string of the molecule is CCSCn1c(Nc2cccc(C)c2C)nnc(COc2ccc(Cl)cc2)c1=O. The van der Waals surface area contributed by atoms with Gasteiger partial charge in [0.2, 0.25) is 5.95 Å². The molecule has 1 heterocycles. The smallest absolute Gasteiger partial charge is 0.281 e. The van der Waals surface area contributed by atoms with Gasteiger partial charge in [0.25, 0.3) is 5.56 Å². The Morgan fingerprint density at radius 3 is 2.62 bits per heavy atom. The highest BCUT2D eigenvalue weighted by Gasteiger charge is 2.14. The third kappa shape index (κ3) is 5.31. The van der Waals surface area contributed by atoms with Gasteiger partial charge in [-0.1, -0.05) is 30.7 Å². The molecule has 1 aromatic heterocycles. The van der Waals surface area contributed by atoms with Crippen molar-refractivity contribution >= 4 is 35.0 Å². The minimum absolute atomic E-state index is 0.0357. The van der Waals surface area contributed by atoms with E-state index in [0.717, 1.165) is 22.6 Å². The van der Waals surface area contributed by atoms with Gasteiger partial charge in [-0.3, -0.25) is 9.36 Å². The first-order valence-electron chi connectivity index (χ1n) is 9.25. The molecule has 0 aliphatic heterocycles. The van der Waals surface area contributed by atoms with Crippen molar-refractivity contribution in [1.29, 1.82) is 0 Å². The van der Waals surface area contributed by atoms with Gasteiger partial charge in [0, 0.05) is 10.7 Å². The van der Waals surface area contributed by atoms with E-state index in [2.05, 4.69) is 15.5 Å². The first kappa shape index (κ1) is 21.2. The minimum Gasteiger partial charge on any atom is -0.487 e. The molecule has 0 bridgehead atoms. The van der Waals surface area contributed by atoms with Crippen LogP contribution in [0.25, 0.3) is 0 Å². The van der Waals surface area contributed by atoms with Crippen LogP contribution in [0.15, 0.2) is 47.3 Å². The maximum absolute atomic E-state index is 13.0. The molecule has 3 rings (SSSR count). The average Bonchev–Trinajstić information content (AvgIpc) is 2.71. The number of ether oxygens (including phenoxy) is 1. The summed E-state index contributed by atoms with van der Waals surface area (Å²) < 4.78 is 7.28. The van der Waals surface area contributed by atoms with Crippen LogP contribution in [0.1, 0.15) is 23.7 Å². The second-order valence-corrected chi connectivity index (χ2v) is 8.12. The molecule has 8 heteroatoms. The standard InChI is InChI=1S/C21H23ClN4O2S/c1-4-29-13-26-20(27)19(12-28-17-10-8-16(22)9-11-17)24-25-21(26)23-18-7-5-6-14(2)15(18)3/h5-11H,4,12-13H2,1-3H3,(H,23,25). The molecule has 152 valence electrons. The largest absolute Gasteiger partial charge is 0.487 e. The Labute approximate surface area is 179 Å². The Morgan fingerprint density at radius 2 is 1.90 bits per heavy atom. The number of aromatic nitrogens is 3. The fraction of sp³-hybridized carbons (Fsp3) is 0.286. The van der Waals surface area contributed by atoms with E-state index in [9.17, 15) is 4.79 Å². The summed E-state index contributed by atoms with van der Waals surface area (Å²) in [7, 11) is 0. The van der Waals surface area contributed by atoms with Crippen molar-refractivity contribution in [3.63, 3.8) is 0 Å². The summed E-state index contributed by atoms with van der Waals surface area (Å²) in [5.74, 6) is 2.39. The minimum atomic E-state index is -0.220. The average molecular weight is 431 g/mol. The fourth-order valence-corrected chi connectivity index (χ4v) is 3.36.